The number of carbonyl (C=O) groups is 5. The van der Waals surface area contributed by atoms with E-state index in [9.17, 15) is 39.3 Å². The Labute approximate surface area is 216 Å². The van der Waals surface area contributed by atoms with Crippen LogP contribution in [0.2, 0.25) is 0 Å². The molecule has 2 aliphatic heterocycles. The van der Waals surface area contributed by atoms with Crippen LogP contribution in [-0.4, -0.2) is 127 Å². The predicted molar refractivity (Wildman–Crippen MR) is 117 cm³/mol. The minimum atomic E-state index is -1.70. The highest BCUT2D eigenvalue weighted by atomic mass is 16.8. The second kappa shape index (κ2) is 14.4. The molecule has 0 amide bonds. The van der Waals surface area contributed by atoms with E-state index in [0.29, 0.717) is 6.29 Å². The van der Waals surface area contributed by atoms with Gasteiger partial charge in [0.25, 0.3) is 0 Å². The minimum Gasteiger partial charge on any atom is -0.455 e. The number of aldehydes is 1. The van der Waals surface area contributed by atoms with Crippen molar-refractivity contribution in [2.24, 2.45) is 0 Å². The Morgan fingerprint density at radius 2 is 1.13 bits per heavy atom. The smallest absolute Gasteiger partial charge is 0.303 e. The van der Waals surface area contributed by atoms with Crippen molar-refractivity contribution < 1.29 is 77.2 Å². The quantitative estimate of drug-likeness (QED) is 0.133. The molecule has 3 N–H and O–H groups in total. The maximum atomic E-state index is 12.0. The number of aliphatic hydroxyl groups is 3. The first kappa shape index (κ1) is 31.5. The predicted octanol–water partition coefficient (Wildman–Crippen LogP) is -2.89. The number of hydrogen-bond donors (Lipinski definition) is 3. The van der Waals surface area contributed by atoms with E-state index in [0.717, 1.165) is 27.7 Å². The maximum absolute atomic E-state index is 12.0. The van der Waals surface area contributed by atoms with Crippen LogP contribution in [0.1, 0.15) is 27.7 Å². The van der Waals surface area contributed by atoms with E-state index in [2.05, 4.69) is 0 Å². The van der Waals surface area contributed by atoms with Crippen molar-refractivity contribution in [1.82, 2.24) is 0 Å². The van der Waals surface area contributed by atoms with Gasteiger partial charge in [-0.15, -0.1) is 0 Å². The van der Waals surface area contributed by atoms with E-state index in [-0.39, 0.29) is 0 Å². The number of rotatable bonds is 11. The van der Waals surface area contributed by atoms with E-state index >= 15 is 0 Å². The molecule has 16 heteroatoms. The van der Waals surface area contributed by atoms with Crippen LogP contribution < -0.4 is 0 Å². The third-order valence-electron chi connectivity index (χ3n) is 5.40. The Bertz CT molecular complexity index is 847. The summed E-state index contributed by atoms with van der Waals surface area (Å²) in [6, 6.07) is 0. The van der Waals surface area contributed by atoms with Crippen LogP contribution in [0.5, 0.6) is 0 Å². The normalized spacial score (nSPS) is 35.0. The van der Waals surface area contributed by atoms with Gasteiger partial charge in [-0.1, -0.05) is 0 Å². The average molecular weight is 552 g/mol. The molecule has 2 rings (SSSR count). The Morgan fingerprint density at radius 1 is 0.684 bits per heavy atom. The van der Waals surface area contributed by atoms with Crippen molar-refractivity contribution >= 4 is 30.2 Å². The molecular weight excluding hydrogens is 520 g/mol. The summed E-state index contributed by atoms with van der Waals surface area (Å²) < 4.78 is 43.3. The summed E-state index contributed by atoms with van der Waals surface area (Å²) in [4.78, 5) is 58.2. The molecule has 2 heterocycles. The molecule has 2 fully saturated rings. The number of esters is 4. The van der Waals surface area contributed by atoms with Gasteiger partial charge >= 0.3 is 23.9 Å². The summed E-state index contributed by atoms with van der Waals surface area (Å²) in [6.45, 7) is 2.10. The Morgan fingerprint density at radius 3 is 1.61 bits per heavy atom. The minimum absolute atomic E-state index is 0.390. The van der Waals surface area contributed by atoms with Gasteiger partial charge in [-0.25, -0.2) is 0 Å². The van der Waals surface area contributed by atoms with Gasteiger partial charge in [0, 0.05) is 27.7 Å². The molecule has 38 heavy (non-hydrogen) atoms. The molecule has 2 saturated heterocycles. The third kappa shape index (κ3) is 8.13. The summed E-state index contributed by atoms with van der Waals surface area (Å²) in [7, 11) is 0. The molecule has 16 nitrogen and oxygen atoms in total. The van der Waals surface area contributed by atoms with E-state index < -0.39 is 105 Å². The topological polar surface area (TPSA) is 220 Å². The lowest BCUT2D eigenvalue weighted by atomic mass is 9.96. The zero-order valence-corrected chi connectivity index (χ0v) is 21.1. The molecular formula is C22H32O16. The van der Waals surface area contributed by atoms with Gasteiger partial charge in [-0.2, -0.15) is 0 Å². The summed E-state index contributed by atoms with van der Waals surface area (Å²) in [5.74, 6) is -3.45. The first-order valence-electron chi connectivity index (χ1n) is 11.5. The first-order valence-corrected chi connectivity index (χ1v) is 11.5. The lowest BCUT2D eigenvalue weighted by Gasteiger charge is -2.48. The first-order chi connectivity index (χ1) is 17.9. The molecule has 3 unspecified atom stereocenters. The van der Waals surface area contributed by atoms with Gasteiger partial charge in [0.2, 0.25) is 0 Å². The van der Waals surface area contributed by atoms with Crippen molar-refractivity contribution in [2.75, 3.05) is 19.8 Å². The zero-order chi connectivity index (χ0) is 28.6. The fourth-order valence-electron chi connectivity index (χ4n) is 4.05. The van der Waals surface area contributed by atoms with Crippen molar-refractivity contribution in [3.63, 3.8) is 0 Å². The van der Waals surface area contributed by atoms with Gasteiger partial charge in [0.05, 0.1) is 13.2 Å². The lowest BCUT2D eigenvalue weighted by Crippen LogP contribution is -2.66. The highest BCUT2D eigenvalue weighted by molar-refractivity contribution is 5.68. The van der Waals surface area contributed by atoms with Crippen LogP contribution >= 0.6 is 0 Å². The van der Waals surface area contributed by atoms with Crippen LogP contribution in [0, 0.1) is 0 Å². The van der Waals surface area contributed by atoms with Gasteiger partial charge in [0.1, 0.15) is 37.3 Å². The van der Waals surface area contributed by atoms with E-state index in [4.69, 9.17) is 37.9 Å². The molecule has 0 aromatic rings. The zero-order valence-electron chi connectivity index (χ0n) is 21.1. The van der Waals surface area contributed by atoms with Gasteiger partial charge in [-0.05, 0) is 0 Å². The highest BCUT2D eigenvalue weighted by Gasteiger charge is 2.56. The van der Waals surface area contributed by atoms with Crippen LogP contribution in [0.15, 0.2) is 0 Å². The number of carbonyl (C=O) groups excluding carboxylic acids is 5. The van der Waals surface area contributed by atoms with Crippen molar-refractivity contribution in [3.05, 3.63) is 0 Å². The van der Waals surface area contributed by atoms with Crippen LogP contribution in [0.4, 0.5) is 0 Å². The second-order valence-electron chi connectivity index (χ2n) is 8.34. The molecule has 10 atom stereocenters. The fraction of sp³-hybridized carbons (Fsp3) is 0.773. The number of hydrogen-bond acceptors (Lipinski definition) is 16. The van der Waals surface area contributed by atoms with Crippen molar-refractivity contribution in [2.45, 2.75) is 89.1 Å². The van der Waals surface area contributed by atoms with E-state index in [1.165, 1.54) is 0 Å². The summed E-state index contributed by atoms with van der Waals surface area (Å²) in [5, 5.41) is 30.3. The fourth-order valence-corrected chi connectivity index (χ4v) is 4.05. The Kier molecular flexibility index (Phi) is 12.0. The summed E-state index contributed by atoms with van der Waals surface area (Å²) >= 11 is 0. The Hall–Kier alpha value is -2.73. The van der Waals surface area contributed by atoms with E-state index in [1.54, 1.807) is 0 Å². The Balaban J connectivity index is 2.52. The van der Waals surface area contributed by atoms with Gasteiger partial charge < -0.3 is 58.0 Å². The second-order valence-corrected chi connectivity index (χ2v) is 8.34. The number of ether oxygens (including phenoxy) is 8. The van der Waals surface area contributed by atoms with Crippen molar-refractivity contribution in [1.29, 1.82) is 0 Å². The third-order valence-corrected chi connectivity index (χ3v) is 5.40. The van der Waals surface area contributed by atoms with Crippen molar-refractivity contribution in [3.8, 4) is 0 Å². The lowest BCUT2D eigenvalue weighted by molar-refractivity contribution is -0.360. The molecule has 0 aromatic carbocycles. The van der Waals surface area contributed by atoms with Crippen LogP contribution in [-0.2, 0) is 61.9 Å². The molecule has 0 aromatic heterocycles. The van der Waals surface area contributed by atoms with Crippen LogP contribution in [0.25, 0.3) is 0 Å². The van der Waals surface area contributed by atoms with E-state index in [1.807, 2.05) is 0 Å². The highest BCUT2D eigenvalue weighted by Crippen LogP contribution is 2.34. The van der Waals surface area contributed by atoms with Gasteiger partial charge in [0.15, 0.2) is 37.0 Å². The molecule has 0 saturated carbocycles. The molecule has 0 bridgehead atoms. The molecule has 0 radical (unpaired) electrons. The monoisotopic (exact) mass is 552 g/mol. The summed E-state index contributed by atoms with van der Waals surface area (Å²) in [6.07, 6.45) is -14.9. The molecule has 2 aliphatic rings. The number of aliphatic hydroxyl groups excluding tert-OH is 3. The molecule has 0 spiro atoms. The molecule has 0 aliphatic carbocycles. The maximum Gasteiger partial charge on any atom is 0.303 e. The van der Waals surface area contributed by atoms with Gasteiger partial charge in [-0.3, -0.25) is 19.2 Å². The molecule has 216 valence electrons. The largest absolute Gasteiger partial charge is 0.455 e. The SMILES string of the molecule is CC(=O)OC1[C@@H](OC(C)=O)C(O[C@H]2[C@H](OC(C)=O)[C@@H](OC(C)=O)C(OCC=O)O[C@@H]2CO)O[C@H](CO)[C@H]1O. The average Bonchev–Trinajstić information content (AvgIpc) is 2.83. The summed E-state index contributed by atoms with van der Waals surface area (Å²) in [5.41, 5.74) is 0. The standard InChI is InChI=1S/C22H32O16/c1-9(26)32-17-15(30)13(7-24)36-22(19(17)34-11(3)28)38-16-14(8-25)37-21(31-6-5-23)20(35-12(4)29)18(16)33-10(2)27/h5,13-22,24-25,30H,6-8H2,1-4H3/t13-,14-,15-,16-,17?,18+,19-,20-,21?,22?/m1/s1. The van der Waals surface area contributed by atoms with Crippen LogP contribution in [0.3, 0.4) is 0 Å².